The molecule has 0 bridgehead atoms. The standard InChI is InChI=1S/C17H26BrNO2Si.C11H12BrNO2.C7H18Si/c1-17(2,3)22(4,5)21-12-13-10-16(20)19(11-13)15-8-6-14(18)7-9-15;12-9-1-3-10(4-2-9)13-6-8(7-14)5-11(13)15;1-7(2,3)8(4,5)6/h6-9,13H,10-12H2,1-5H3;1-4,8,14H,5-7H2;1-6H3. The van der Waals surface area contributed by atoms with E-state index < -0.39 is 16.4 Å². The molecule has 0 radical (unpaired) electrons. The molecule has 0 spiro atoms. The van der Waals surface area contributed by atoms with Gasteiger partial charge in [0.15, 0.2) is 8.32 Å². The summed E-state index contributed by atoms with van der Waals surface area (Å²) in [6, 6.07) is 15.6. The number of amides is 2. The molecule has 2 heterocycles. The average molecular weight is 785 g/mol. The van der Waals surface area contributed by atoms with Crippen LogP contribution < -0.4 is 9.80 Å². The zero-order valence-electron chi connectivity index (χ0n) is 29.3. The van der Waals surface area contributed by atoms with Gasteiger partial charge >= 0.3 is 0 Å². The minimum atomic E-state index is -1.74. The number of rotatable bonds is 6. The van der Waals surface area contributed by atoms with E-state index in [-0.39, 0.29) is 29.4 Å². The predicted octanol–water partition coefficient (Wildman–Crippen LogP) is 9.74. The van der Waals surface area contributed by atoms with Gasteiger partial charge in [-0.3, -0.25) is 9.59 Å². The Balaban J connectivity index is 0.000000264. The molecular weight excluding hydrogens is 728 g/mol. The fourth-order valence-electron chi connectivity index (χ4n) is 4.08. The highest BCUT2D eigenvalue weighted by Crippen LogP contribution is 2.38. The van der Waals surface area contributed by atoms with Crippen molar-refractivity contribution in [2.75, 3.05) is 36.1 Å². The van der Waals surface area contributed by atoms with Crippen LogP contribution in [-0.4, -0.2) is 59.6 Å². The van der Waals surface area contributed by atoms with Gasteiger partial charge < -0.3 is 19.3 Å². The van der Waals surface area contributed by atoms with E-state index in [1.807, 2.05) is 53.4 Å². The summed E-state index contributed by atoms with van der Waals surface area (Å²) < 4.78 is 8.31. The van der Waals surface area contributed by atoms with Gasteiger partial charge in [0.2, 0.25) is 11.8 Å². The van der Waals surface area contributed by atoms with Gasteiger partial charge in [-0.1, -0.05) is 93.0 Å². The van der Waals surface area contributed by atoms with E-state index in [1.54, 1.807) is 4.90 Å². The Labute approximate surface area is 291 Å². The van der Waals surface area contributed by atoms with Gasteiger partial charge in [0.05, 0.1) is 0 Å². The maximum absolute atomic E-state index is 12.3. The Hall–Kier alpha value is -1.31. The topological polar surface area (TPSA) is 70.1 Å². The van der Waals surface area contributed by atoms with Crippen LogP contribution in [-0.2, 0) is 14.0 Å². The van der Waals surface area contributed by atoms with Crippen LogP contribution in [0.5, 0.6) is 0 Å². The Bertz CT molecular complexity index is 1240. The maximum Gasteiger partial charge on any atom is 0.227 e. The zero-order valence-corrected chi connectivity index (χ0v) is 34.5. The number of carbonyl (C=O) groups is 2. The van der Waals surface area contributed by atoms with Crippen molar-refractivity contribution in [1.29, 1.82) is 0 Å². The van der Waals surface area contributed by atoms with Gasteiger partial charge in [0, 0.05) is 79.4 Å². The largest absolute Gasteiger partial charge is 0.416 e. The normalized spacial score (nSPS) is 19.2. The molecule has 2 saturated heterocycles. The number of aliphatic hydroxyl groups is 1. The van der Waals surface area contributed by atoms with Crippen molar-refractivity contribution in [3.05, 3.63) is 57.5 Å². The van der Waals surface area contributed by atoms with Crippen LogP contribution in [0.15, 0.2) is 57.5 Å². The Kier molecular flexibility index (Phi) is 14.3. The highest BCUT2D eigenvalue weighted by atomic mass is 79.9. The number of hydrogen-bond acceptors (Lipinski definition) is 4. The molecule has 2 aliphatic heterocycles. The van der Waals surface area contributed by atoms with Crippen molar-refractivity contribution in [2.45, 2.75) is 97.2 Å². The van der Waals surface area contributed by atoms with Crippen LogP contribution in [0.1, 0.15) is 54.4 Å². The number of hydrogen-bond donors (Lipinski definition) is 1. The van der Waals surface area contributed by atoms with Crippen LogP contribution in [0.2, 0.25) is 42.8 Å². The second kappa shape index (κ2) is 16.2. The fourth-order valence-corrected chi connectivity index (χ4v) is 5.69. The lowest BCUT2D eigenvalue weighted by Crippen LogP contribution is -2.42. The summed E-state index contributed by atoms with van der Waals surface area (Å²) in [5.74, 6) is 0.675. The average Bonchev–Trinajstić information content (AvgIpc) is 3.49. The molecule has 252 valence electrons. The number of nitrogens with zero attached hydrogens (tertiary/aromatic N) is 2. The molecule has 45 heavy (non-hydrogen) atoms. The van der Waals surface area contributed by atoms with E-state index in [0.29, 0.717) is 36.9 Å². The molecule has 0 saturated carbocycles. The SMILES string of the molecule is CC(C)(C)[Si](C)(C)C.CC(C)(C)[Si](C)(C)OCC1CC(=O)N(c2ccc(Br)cc2)C1.O=C1CC(CO)CN1c1ccc(Br)cc1. The first kappa shape index (κ1) is 39.9. The summed E-state index contributed by atoms with van der Waals surface area (Å²) >= 11 is 6.78. The number of benzene rings is 2. The molecular formula is C35H56Br2N2O4Si2. The molecule has 2 aromatic carbocycles. The number of halogens is 2. The summed E-state index contributed by atoms with van der Waals surface area (Å²) in [5.41, 5.74) is 1.88. The first-order chi connectivity index (χ1) is 20.6. The van der Waals surface area contributed by atoms with Gasteiger partial charge in [-0.2, -0.15) is 0 Å². The van der Waals surface area contributed by atoms with Crippen molar-refractivity contribution >= 4 is 71.4 Å². The van der Waals surface area contributed by atoms with Crippen LogP contribution >= 0.6 is 31.9 Å². The zero-order chi connectivity index (χ0) is 34.4. The van der Waals surface area contributed by atoms with Gasteiger partial charge in [-0.25, -0.2) is 0 Å². The fraction of sp³-hybridized carbons (Fsp3) is 0.600. The molecule has 0 aromatic heterocycles. The minimum Gasteiger partial charge on any atom is -0.416 e. The molecule has 10 heteroatoms. The molecule has 2 aliphatic rings. The van der Waals surface area contributed by atoms with Crippen molar-refractivity contribution in [3.63, 3.8) is 0 Å². The Morgan fingerprint density at radius 3 is 1.38 bits per heavy atom. The molecule has 0 aliphatic carbocycles. The van der Waals surface area contributed by atoms with Crippen LogP contribution in [0.4, 0.5) is 11.4 Å². The highest BCUT2D eigenvalue weighted by molar-refractivity contribution is 9.10. The quantitative estimate of drug-likeness (QED) is 0.297. The monoisotopic (exact) mass is 782 g/mol. The molecule has 2 atom stereocenters. The lowest BCUT2D eigenvalue weighted by molar-refractivity contribution is -0.118. The van der Waals surface area contributed by atoms with Crippen molar-refractivity contribution in [3.8, 4) is 0 Å². The third-order valence-electron chi connectivity index (χ3n) is 9.68. The number of aliphatic hydroxyl groups excluding tert-OH is 1. The highest BCUT2D eigenvalue weighted by Gasteiger charge is 2.39. The van der Waals surface area contributed by atoms with E-state index in [9.17, 15) is 9.59 Å². The Morgan fingerprint density at radius 2 is 1.07 bits per heavy atom. The molecule has 4 rings (SSSR count). The van der Waals surface area contributed by atoms with Gasteiger partial charge in [-0.15, -0.1) is 0 Å². The smallest absolute Gasteiger partial charge is 0.227 e. The van der Waals surface area contributed by atoms with E-state index in [0.717, 1.165) is 26.9 Å². The summed E-state index contributed by atoms with van der Waals surface area (Å²) in [4.78, 5) is 27.5. The molecule has 2 amide bonds. The van der Waals surface area contributed by atoms with Gasteiger partial charge in [0.1, 0.15) is 0 Å². The minimum absolute atomic E-state index is 0.0821. The molecule has 6 nitrogen and oxygen atoms in total. The summed E-state index contributed by atoms with van der Waals surface area (Å²) in [7, 11) is -2.60. The van der Waals surface area contributed by atoms with Crippen molar-refractivity contribution in [2.24, 2.45) is 11.8 Å². The molecule has 1 N–H and O–H groups in total. The van der Waals surface area contributed by atoms with Gasteiger partial charge in [-0.05, 0) is 71.7 Å². The van der Waals surface area contributed by atoms with E-state index in [4.69, 9.17) is 9.53 Å². The van der Waals surface area contributed by atoms with E-state index in [2.05, 4.69) is 106 Å². The summed E-state index contributed by atoms with van der Waals surface area (Å²) in [6.45, 7) is 27.6. The van der Waals surface area contributed by atoms with E-state index in [1.165, 1.54) is 0 Å². The second-order valence-electron chi connectivity index (χ2n) is 15.9. The number of carbonyl (C=O) groups excluding carboxylic acids is 2. The Morgan fingerprint density at radius 1 is 0.711 bits per heavy atom. The van der Waals surface area contributed by atoms with Crippen molar-refractivity contribution in [1.82, 2.24) is 0 Å². The van der Waals surface area contributed by atoms with Crippen LogP contribution in [0.25, 0.3) is 0 Å². The first-order valence-corrected chi connectivity index (χ1v) is 23.9. The first-order valence-electron chi connectivity index (χ1n) is 15.9. The van der Waals surface area contributed by atoms with Crippen LogP contribution in [0.3, 0.4) is 0 Å². The molecule has 2 unspecified atom stereocenters. The third kappa shape index (κ3) is 12.0. The molecule has 2 fully saturated rings. The van der Waals surface area contributed by atoms with Crippen molar-refractivity contribution < 1.29 is 19.1 Å². The number of anilines is 2. The maximum atomic E-state index is 12.3. The summed E-state index contributed by atoms with van der Waals surface area (Å²) in [5, 5.41) is 9.79. The van der Waals surface area contributed by atoms with Gasteiger partial charge in [0.25, 0.3) is 0 Å². The van der Waals surface area contributed by atoms with Crippen LogP contribution in [0, 0.1) is 11.8 Å². The lowest BCUT2D eigenvalue weighted by atomic mass is 10.1. The molecule has 2 aromatic rings. The van der Waals surface area contributed by atoms with E-state index >= 15 is 0 Å². The summed E-state index contributed by atoms with van der Waals surface area (Å²) in [6.07, 6.45) is 1.04. The lowest BCUT2D eigenvalue weighted by Gasteiger charge is -2.36. The predicted molar refractivity (Wildman–Crippen MR) is 202 cm³/mol. The second-order valence-corrected chi connectivity index (χ2v) is 28.5. The third-order valence-corrected chi connectivity index (χ3v) is 19.7.